The number of hydrogen-bond donors (Lipinski definition) is 1. The van der Waals surface area contributed by atoms with Crippen LogP contribution < -0.4 is 9.57 Å². The molecule has 0 unspecified atom stereocenters. The van der Waals surface area contributed by atoms with Crippen LogP contribution in [0.25, 0.3) is 0 Å². The zero-order valence-corrected chi connectivity index (χ0v) is 18.1. The van der Waals surface area contributed by atoms with E-state index in [1.54, 1.807) is 13.0 Å². The maximum atomic E-state index is 12.7. The average molecular weight is 403 g/mol. The fourth-order valence-electron chi connectivity index (χ4n) is 2.59. The monoisotopic (exact) mass is 402 g/mol. The number of aryl methyl sites for hydroxylation is 1. The number of ether oxygens (including phenoxy) is 1. The SMILES string of the molecule is CCCCOc1cccc(/C=N/NS(=O)(=O)c2cc(C(C)(C)C)ccc2C)c1. The van der Waals surface area contributed by atoms with Gasteiger partial charge in [-0.15, -0.1) is 0 Å². The van der Waals surface area contributed by atoms with E-state index < -0.39 is 10.0 Å². The Morgan fingerprint density at radius 2 is 1.89 bits per heavy atom. The molecule has 2 rings (SSSR count). The summed E-state index contributed by atoms with van der Waals surface area (Å²) in [7, 11) is -3.75. The Bertz CT molecular complexity index is 929. The minimum Gasteiger partial charge on any atom is -0.494 e. The topological polar surface area (TPSA) is 67.8 Å². The Morgan fingerprint density at radius 1 is 1.14 bits per heavy atom. The molecule has 0 atom stereocenters. The maximum absolute atomic E-state index is 12.7. The zero-order valence-electron chi connectivity index (χ0n) is 17.3. The van der Waals surface area contributed by atoms with Crippen molar-refractivity contribution in [2.24, 2.45) is 5.10 Å². The molecular weight excluding hydrogens is 372 g/mol. The van der Waals surface area contributed by atoms with Gasteiger partial charge in [0.1, 0.15) is 5.75 Å². The van der Waals surface area contributed by atoms with Gasteiger partial charge in [-0.25, -0.2) is 4.83 Å². The molecule has 0 radical (unpaired) electrons. The van der Waals surface area contributed by atoms with Crippen LogP contribution in [0, 0.1) is 6.92 Å². The molecule has 28 heavy (non-hydrogen) atoms. The molecule has 152 valence electrons. The second-order valence-electron chi connectivity index (χ2n) is 7.86. The van der Waals surface area contributed by atoms with E-state index in [2.05, 4.69) is 37.6 Å². The molecule has 2 aromatic rings. The van der Waals surface area contributed by atoms with Crippen LogP contribution >= 0.6 is 0 Å². The highest BCUT2D eigenvalue weighted by atomic mass is 32.2. The van der Waals surface area contributed by atoms with Crippen molar-refractivity contribution >= 4 is 16.2 Å². The van der Waals surface area contributed by atoms with E-state index in [-0.39, 0.29) is 10.3 Å². The number of unbranched alkanes of at least 4 members (excludes halogenated alkanes) is 1. The molecule has 0 spiro atoms. The first kappa shape index (κ1) is 22.0. The van der Waals surface area contributed by atoms with Crippen molar-refractivity contribution in [2.45, 2.75) is 57.8 Å². The molecule has 1 N–H and O–H groups in total. The Kier molecular flexibility index (Phi) is 7.24. The average Bonchev–Trinajstić information content (AvgIpc) is 2.61. The molecule has 0 fully saturated rings. The molecule has 0 amide bonds. The number of nitrogens with one attached hydrogen (secondary N) is 1. The Labute approximate surface area is 168 Å². The highest BCUT2D eigenvalue weighted by Crippen LogP contribution is 2.26. The predicted octanol–water partition coefficient (Wildman–Crippen LogP) is 4.78. The van der Waals surface area contributed by atoms with E-state index in [4.69, 9.17) is 4.74 Å². The number of hydrazone groups is 1. The minimum atomic E-state index is -3.75. The third-order valence-electron chi connectivity index (χ3n) is 4.35. The van der Waals surface area contributed by atoms with Crippen molar-refractivity contribution in [1.82, 2.24) is 4.83 Å². The van der Waals surface area contributed by atoms with Gasteiger partial charge in [-0.2, -0.15) is 13.5 Å². The molecule has 0 bridgehead atoms. The lowest BCUT2D eigenvalue weighted by Crippen LogP contribution is -2.21. The molecule has 0 aliphatic heterocycles. The van der Waals surface area contributed by atoms with E-state index in [1.807, 2.05) is 36.4 Å². The molecule has 0 heterocycles. The zero-order chi connectivity index (χ0) is 20.8. The fraction of sp³-hybridized carbons (Fsp3) is 0.409. The van der Waals surface area contributed by atoms with Gasteiger partial charge in [0.15, 0.2) is 0 Å². The van der Waals surface area contributed by atoms with E-state index in [0.717, 1.165) is 29.7 Å². The molecule has 0 saturated carbocycles. The van der Waals surface area contributed by atoms with E-state index >= 15 is 0 Å². The van der Waals surface area contributed by atoms with Gasteiger partial charge in [0.2, 0.25) is 0 Å². The number of hydrogen-bond acceptors (Lipinski definition) is 4. The molecular formula is C22H30N2O3S. The molecule has 5 nitrogen and oxygen atoms in total. The van der Waals surface area contributed by atoms with Gasteiger partial charge in [0.05, 0.1) is 17.7 Å². The summed E-state index contributed by atoms with van der Waals surface area (Å²) in [5, 5.41) is 3.94. The first-order valence-corrected chi connectivity index (χ1v) is 11.0. The van der Waals surface area contributed by atoms with Crippen molar-refractivity contribution in [3.8, 4) is 5.75 Å². The van der Waals surface area contributed by atoms with Crippen LogP contribution in [0.3, 0.4) is 0 Å². The fourth-order valence-corrected chi connectivity index (χ4v) is 3.66. The summed E-state index contributed by atoms with van der Waals surface area (Å²) < 4.78 is 31.1. The quantitative estimate of drug-likeness (QED) is 0.392. The number of rotatable bonds is 8. The van der Waals surface area contributed by atoms with Gasteiger partial charge < -0.3 is 4.74 Å². The minimum absolute atomic E-state index is 0.139. The van der Waals surface area contributed by atoms with Crippen LogP contribution in [-0.4, -0.2) is 21.2 Å². The Morgan fingerprint density at radius 3 is 2.57 bits per heavy atom. The van der Waals surface area contributed by atoms with Gasteiger partial charge >= 0.3 is 0 Å². The van der Waals surface area contributed by atoms with Crippen molar-refractivity contribution in [3.63, 3.8) is 0 Å². The van der Waals surface area contributed by atoms with Crippen LogP contribution in [0.4, 0.5) is 0 Å². The van der Waals surface area contributed by atoms with Crippen molar-refractivity contribution < 1.29 is 13.2 Å². The standard InChI is InChI=1S/C22H30N2O3S/c1-6-7-13-27-20-10-8-9-18(14-20)16-23-24-28(25,26)21-15-19(22(3,4)5)12-11-17(21)2/h8-12,14-16,24H,6-7,13H2,1-5H3/b23-16+. The molecule has 0 aliphatic rings. The van der Waals surface area contributed by atoms with E-state index in [0.29, 0.717) is 12.2 Å². The molecule has 0 aliphatic carbocycles. The van der Waals surface area contributed by atoms with Crippen LogP contribution in [0.5, 0.6) is 5.75 Å². The van der Waals surface area contributed by atoms with Crippen LogP contribution in [0.15, 0.2) is 52.5 Å². The number of nitrogens with zero attached hydrogens (tertiary/aromatic N) is 1. The van der Waals surface area contributed by atoms with E-state index in [9.17, 15) is 8.42 Å². The van der Waals surface area contributed by atoms with Gasteiger partial charge in [-0.3, -0.25) is 0 Å². The number of sulfonamides is 1. The van der Waals surface area contributed by atoms with Gasteiger partial charge in [-0.1, -0.05) is 58.4 Å². The highest BCUT2D eigenvalue weighted by molar-refractivity contribution is 7.89. The molecule has 2 aromatic carbocycles. The first-order valence-electron chi connectivity index (χ1n) is 9.52. The van der Waals surface area contributed by atoms with Crippen molar-refractivity contribution in [1.29, 1.82) is 0 Å². The highest BCUT2D eigenvalue weighted by Gasteiger charge is 2.21. The number of benzene rings is 2. The second kappa shape index (κ2) is 9.24. The lowest BCUT2D eigenvalue weighted by atomic mass is 9.87. The lowest BCUT2D eigenvalue weighted by Gasteiger charge is -2.20. The lowest BCUT2D eigenvalue weighted by molar-refractivity contribution is 0.309. The maximum Gasteiger partial charge on any atom is 0.276 e. The third-order valence-corrected chi connectivity index (χ3v) is 5.72. The van der Waals surface area contributed by atoms with Crippen molar-refractivity contribution in [2.75, 3.05) is 6.61 Å². The summed E-state index contributed by atoms with van der Waals surface area (Å²) in [6.45, 7) is 10.7. The van der Waals surface area contributed by atoms with Crippen LogP contribution in [-0.2, 0) is 15.4 Å². The largest absolute Gasteiger partial charge is 0.494 e. The predicted molar refractivity (Wildman–Crippen MR) is 115 cm³/mol. The summed E-state index contributed by atoms with van der Waals surface area (Å²) in [5.74, 6) is 0.744. The summed E-state index contributed by atoms with van der Waals surface area (Å²) in [6.07, 6.45) is 3.54. The summed E-state index contributed by atoms with van der Waals surface area (Å²) >= 11 is 0. The molecule has 6 heteroatoms. The van der Waals surface area contributed by atoms with Crippen molar-refractivity contribution in [3.05, 3.63) is 59.2 Å². The Balaban J connectivity index is 2.14. The molecule has 0 aromatic heterocycles. The van der Waals surface area contributed by atoms with Crippen LogP contribution in [0.1, 0.15) is 57.2 Å². The van der Waals surface area contributed by atoms with E-state index in [1.165, 1.54) is 6.21 Å². The Hall–Kier alpha value is -2.34. The van der Waals surface area contributed by atoms with Gasteiger partial charge in [-0.05, 0) is 53.6 Å². The van der Waals surface area contributed by atoms with Gasteiger partial charge in [0.25, 0.3) is 10.0 Å². The van der Waals surface area contributed by atoms with Gasteiger partial charge in [0, 0.05) is 0 Å². The first-order chi connectivity index (χ1) is 13.1. The smallest absolute Gasteiger partial charge is 0.276 e. The summed E-state index contributed by atoms with van der Waals surface area (Å²) in [6, 6.07) is 12.9. The summed E-state index contributed by atoms with van der Waals surface area (Å²) in [4.78, 5) is 2.56. The second-order valence-corrected chi connectivity index (χ2v) is 9.49. The van der Waals surface area contributed by atoms with Crippen LogP contribution in [0.2, 0.25) is 0 Å². The normalized spacial score (nSPS) is 12.3. The third kappa shape index (κ3) is 6.09. The molecule has 0 saturated heterocycles. The summed E-state index contributed by atoms with van der Waals surface area (Å²) in [5.41, 5.74) is 2.26.